The lowest BCUT2D eigenvalue weighted by molar-refractivity contribution is 0.105. The van der Waals surface area contributed by atoms with Crippen molar-refractivity contribution in [2.45, 2.75) is 6.92 Å². The van der Waals surface area contributed by atoms with Crippen molar-refractivity contribution in [1.82, 2.24) is 0 Å². The van der Waals surface area contributed by atoms with Crippen LogP contribution in [0.25, 0.3) is 11.1 Å². The molecule has 0 aliphatic heterocycles. The summed E-state index contributed by atoms with van der Waals surface area (Å²) in [6.45, 7) is 1.69. The van der Waals surface area contributed by atoms with Gasteiger partial charge in [0.05, 0.1) is 0 Å². The van der Waals surface area contributed by atoms with Gasteiger partial charge in [-0.15, -0.1) is 0 Å². The van der Waals surface area contributed by atoms with Crippen molar-refractivity contribution in [3.63, 3.8) is 0 Å². The number of fused-ring (bicyclic) bond motifs is 1. The predicted molar refractivity (Wildman–Crippen MR) is 69.6 cm³/mol. The van der Waals surface area contributed by atoms with Crippen LogP contribution in [0.4, 0.5) is 8.78 Å². The number of hydrogen-bond acceptors (Lipinski definition) is 1. The molecule has 94 valence electrons. The van der Waals surface area contributed by atoms with E-state index in [2.05, 4.69) is 0 Å². The van der Waals surface area contributed by atoms with Crippen LogP contribution in [0.5, 0.6) is 0 Å². The molecule has 0 saturated carbocycles. The molecule has 0 radical (unpaired) electrons. The van der Waals surface area contributed by atoms with Gasteiger partial charge in [-0.3, -0.25) is 4.79 Å². The third-order valence-electron chi connectivity index (χ3n) is 3.34. The van der Waals surface area contributed by atoms with E-state index in [0.717, 1.165) is 17.7 Å². The first kappa shape index (κ1) is 11.8. The lowest BCUT2D eigenvalue weighted by Gasteiger charge is -2.02. The molecule has 0 fully saturated rings. The van der Waals surface area contributed by atoms with Crippen molar-refractivity contribution in [2.24, 2.45) is 0 Å². The highest BCUT2D eigenvalue weighted by Gasteiger charge is 2.31. The van der Waals surface area contributed by atoms with Crippen molar-refractivity contribution < 1.29 is 13.6 Å². The molecule has 1 nitrogen and oxygen atoms in total. The van der Waals surface area contributed by atoms with E-state index in [1.54, 1.807) is 19.1 Å². The standard InChI is InChI=1S/C16H10F2O/c1-9-14(10-5-3-2-4-6-10)16(19)12-7-11(17)8-13(18)15(9)12/h2-8H,1H3. The number of Topliss-reactive ketones (excluding diaryl/α,β-unsaturated/α-hetero) is 1. The maximum absolute atomic E-state index is 13.8. The molecular weight excluding hydrogens is 246 g/mol. The highest BCUT2D eigenvalue weighted by atomic mass is 19.1. The summed E-state index contributed by atoms with van der Waals surface area (Å²) >= 11 is 0. The SMILES string of the molecule is CC1=C(c2ccccc2)C(=O)c2cc(F)cc(F)c21. The zero-order valence-electron chi connectivity index (χ0n) is 10.2. The fraction of sp³-hybridized carbons (Fsp3) is 0.0625. The van der Waals surface area contributed by atoms with Crippen molar-refractivity contribution in [1.29, 1.82) is 0 Å². The first-order valence-electron chi connectivity index (χ1n) is 5.90. The minimum absolute atomic E-state index is 0.105. The zero-order chi connectivity index (χ0) is 13.6. The Kier molecular flexibility index (Phi) is 2.56. The summed E-state index contributed by atoms with van der Waals surface area (Å²) in [6, 6.07) is 10.9. The molecule has 0 saturated heterocycles. The number of carbonyl (C=O) groups is 1. The third kappa shape index (κ3) is 1.70. The molecule has 1 aliphatic rings. The van der Waals surface area contributed by atoms with E-state index in [1.165, 1.54) is 0 Å². The third-order valence-corrected chi connectivity index (χ3v) is 3.34. The van der Waals surface area contributed by atoms with E-state index in [1.807, 2.05) is 18.2 Å². The summed E-state index contributed by atoms with van der Waals surface area (Å²) in [5, 5.41) is 0. The topological polar surface area (TPSA) is 17.1 Å². The number of benzene rings is 2. The molecule has 1 aliphatic carbocycles. The smallest absolute Gasteiger partial charge is 0.194 e. The molecule has 0 N–H and O–H groups in total. The van der Waals surface area contributed by atoms with Crippen LogP contribution in [0.2, 0.25) is 0 Å². The van der Waals surface area contributed by atoms with Crippen LogP contribution >= 0.6 is 0 Å². The zero-order valence-corrected chi connectivity index (χ0v) is 10.2. The van der Waals surface area contributed by atoms with Crippen LogP contribution < -0.4 is 0 Å². The van der Waals surface area contributed by atoms with Gasteiger partial charge in [0, 0.05) is 22.8 Å². The van der Waals surface area contributed by atoms with Crippen LogP contribution in [0.3, 0.4) is 0 Å². The summed E-state index contributed by atoms with van der Waals surface area (Å²) in [5.41, 5.74) is 2.05. The van der Waals surface area contributed by atoms with E-state index >= 15 is 0 Å². The minimum atomic E-state index is -0.730. The molecule has 0 amide bonds. The minimum Gasteiger partial charge on any atom is -0.289 e. The summed E-state index contributed by atoms with van der Waals surface area (Å²) in [7, 11) is 0. The molecule has 3 rings (SSSR count). The fourth-order valence-corrected chi connectivity index (χ4v) is 2.52. The lowest BCUT2D eigenvalue weighted by atomic mass is 10.0. The number of hydrogen-bond donors (Lipinski definition) is 0. The Bertz CT molecular complexity index is 715. The summed E-state index contributed by atoms with van der Waals surface area (Å²) < 4.78 is 27.1. The molecule has 0 bridgehead atoms. The Morgan fingerprint density at radius 3 is 2.37 bits per heavy atom. The van der Waals surface area contributed by atoms with Gasteiger partial charge in [-0.2, -0.15) is 0 Å². The Hall–Kier alpha value is -2.29. The van der Waals surface area contributed by atoms with Gasteiger partial charge in [-0.1, -0.05) is 30.3 Å². The van der Waals surface area contributed by atoms with Crippen LogP contribution in [0.15, 0.2) is 42.5 Å². The molecule has 3 heteroatoms. The Morgan fingerprint density at radius 1 is 1.00 bits per heavy atom. The summed E-state index contributed by atoms with van der Waals surface area (Å²) in [6.07, 6.45) is 0. The quantitative estimate of drug-likeness (QED) is 0.751. The largest absolute Gasteiger partial charge is 0.289 e. The first-order chi connectivity index (χ1) is 9.09. The summed E-state index contributed by atoms with van der Waals surface area (Å²) in [4.78, 5) is 12.3. The first-order valence-corrected chi connectivity index (χ1v) is 5.90. The van der Waals surface area contributed by atoms with Gasteiger partial charge in [0.1, 0.15) is 11.6 Å². The van der Waals surface area contributed by atoms with Gasteiger partial charge >= 0.3 is 0 Å². The number of allylic oxidation sites excluding steroid dienone is 2. The molecule has 19 heavy (non-hydrogen) atoms. The molecule has 0 aromatic heterocycles. The second kappa shape index (κ2) is 4.12. The van der Waals surface area contributed by atoms with E-state index in [0.29, 0.717) is 11.1 Å². The van der Waals surface area contributed by atoms with Gasteiger partial charge in [-0.25, -0.2) is 8.78 Å². The maximum atomic E-state index is 13.8. The lowest BCUT2D eigenvalue weighted by Crippen LogP contribution is -1.99. The Balaban J connectivity index is 2.26. The second-order valence-corrected chi connectivity index (χ2v) is 4.51. The Labute approximate surface area is 109 Å². The monoisotopic (exact) mass is 256 g/mol. The average Bonchev–Trinajstić information content (AvgIpc) is 2.62. The number of rotatable bonds is 1. The van der Waals surface area contributed by atoms with Crippen LogP contribution in [0.1, 0.15) is 28.4 Å². The fourth-order valence-electron chi connectivity index (χ4n) is 2.52. The second-order valence-electron chi connectivity index (χ2n) is 4.51. The maximum Gasteiger partial charge on any atom is 0.194 e. The van der Waals surface area contributed by atoms with E-state index in [9.17, 15) is 13.6 Å². The average molecular weight is 256 g/mol. The van der Waals surface area contributed by atoms with E-state index < -0.39 is 11.6 Å². The molecule has 2 aromatic carbocycles. The molecule has 0 atom stereocenters. The highest BCUT2D eigenvalue weighted by molar-refractivity contribution is 6.39. The van der Waals surface area contributed by atoms with E-state index in [-0.39, 0.29) is 16.9 Å². The molecule has 0 unspecified atom stereocenters. The molecule has 0 spiro atoms. The summed E-state index contributed by atoms with van der Waals surface area (Å²) in [5.74, 6) is -1.74. The molecule has 2 aromatic rings. The molecule has 0 heterocycles. The van der Waals surface area contributed by atoms with Gasteiger partial charge < -0.3 is 0 Å². The predicted octanol–water partition coefficient (Wildman–Crippen LogP) is 4.09. The van der Waals surface area contributed by atoms with Crippen LogP contribution in [-0.4, -0.2) is 5.78 Å². The van der Waals surface area contributed by atoms with Crippen molar-refractivity contribution in [3.05, 3.63) is 70.8 Å². The number of carbonyl (C=O) groups excluding carboxylic acids is 1. The van der Waals surface area contributed by atoms with Crippen molar-refractivity contribution in [3.8, 4) is 0 Å². The van der Waals surface area contributed by atoms with Gasteiger partial charge in [0.15, 0.2) is 5.78 Å². The molecular formula is C16H10F2O. The number of ketones is 1. The van der Waals surface area contributed by atoms with Crippen molar-refractivity contribution in [2.75, 3.05) is 0 Å². The normalized spacial score (nSPS) is 13.9. The van der Waals surface area contributed by atoms with Crippen LogP contribution in [-0.2, 0) is 0 Å². The van der Waals surface area contributed by atoms with Gasteiger partial charge in [-0.05, 0) is 24.1 Å². The van der Waals surface area contributed by atoms with Crippen molar-refractivity contribution >= 4 is 16.9 Å². The van der Waals surface area contributed by atoms with Crippen LogP contribution in [0, 0.1) is 11.6 Å². The number of halogens is 2. The van der Waals surface area contributed by atoms with Gasteiger partial charge in [0.25, 0.3) is 0 Å². The highest BCUT2D eigenvalue weighted by Crippen LogP contribution is 2.39. The van der Waals surface area contributed by atoms with E-state index in [4.69, 9.17) is 0 Å². The van der Waals surface area contributed by atoms with Gasteiger partial charge in [0.2, 0.25) is 0 Å². The Morgan fingerprint density at radius 2 is 1.68 bits per heavy atom.